The Morgan fingerprint density at radius 2 is 1.90 bits per heavy atom. The summed E-state index contributed by atoms with van der Waals surface area (Å²) in [6.45, 7) is 5.07. The average Bonchev–Trinajstić information content (AvgIpc) is 2.97. The molecule has 8 nitrogen and oxygen atoms in total. The summed E-state index contributed by atoms with van der Waals surface area (Å²) < 4.78 is 31.8. The van der Waals surface area contributed by atoms with Crippen LogP contribution in [-0.4, -0.2) is 74.1 Å². The number of hydrogen-bond donors (Lipinski definition) is 3. The Morgan fingerprint density at radius 1 is 1.15 bits per heavy atom. The van der Waals surface area contributed by atoms with E-state index in [-0.39, 0.29) is 18.5 Å². The molecule has 2 fully saturated rings. The van der Waals surface area contributed by atoms with E-state index in [1.54, 1.807) is 12.3 Å². The van der Waals surface area contributed by atoms with Crippen molar-refractivity contribution in [1.82, 2.24) is 15.5 Å². The second-order valence-electron chi connectivity index (χ2n) is 11.6. The number of ether oxygens (including phenoxy) is 1. The van der Waals surface area contributed by atoms with E-state index in [2.05, 4.69) is 22.5 Å². The monoisotopic (exact) mass is 581 g/mol. The predicted octanol–water partition coefficient (Wildman–Crippen LogP) is 3.30. The molecular formula is C32H43N3O5S. The smallest absolute Gasteiger partial charge is 0.245 e. The molecule has 0 radical (unpaired) electrons. The third-order valence-electron chi connectivity index (χ3n) is 8.99. The van der Waals surface area contributed by atoms with E-state index in [1.807, 2.05) is 42.5 Å². The number of nitrogens with one attached hydrogen (secondary N) is 2. The van der Waals surface area contributed by atoms with Crippen molar-refractivity contribution in [3.05, 3.63) is 77.5 Å². The van der Waals surface area contributed by atoms with Crippen LogP contribution in [0.4, 0.5) is 0 Å². The van der Waals surface area contributed by atoms with Gasteiger partial charge in [0.2, 0.25) is 5.91 Å². The van der Waals surface area contributed by atoms with Gasteiger partial charge in [-0.05, 0) is 61.3 Å². The highest BCUT2D eigenvalue weighted by Gasteiger charge is 2.54. The summed E-state index contributed by atoms with van der Waals surface area (Å²) in [6, 6.07) is 15.1. The first-order chi connectivity index (χ1) is 19.8. The Hall–Kier alpha value is -2.72. The lowest BCUT2D eigenvalue weighted by Crippen LogP contribution is -2.53. The lowest BCUT2D eigenvalue weighted by molar-refractivity contribution is -0.118. The normalized spacial score (nSPS) is 22.6. The van der Waals surface area contributed by atoms with Gasteiger partial charge in [0.1, 0.15) is 0 Å². The van der Waals surface area contributed by atoms with Crippen LogP contribution < -0.4 is 10.6 Å². The zero-order valence-electron chi connectivity index (χ0n) is 23.9. The van der Waals surface area contributed by atoms with Gasteiger partial charge < -0.3 is 25.4 Å². The number of aliphatic hydroxyl groups is 1. The third kappa shape index (κ3) is 6.69. The van der Waals surface area contributed by atoms with Gasteiger partial charge in [-0.1, -0.05) is 55.8 Å². The van der Waals surface area contributed by atoms with E-state index in [0.29, 0.717) is 50.2 Å². The molecule has 5 rings (SSSR count). The van der Waals surface area contributed by atoms with Gasteiger partial charge in [-0.2, -0.15) is 0 Å². The van der Waals surface area contributed by atoms with Crippen molar-refractivity contribution in [2.24, 2.45) is 0 Å². The largest absolute Gasteiger partial charge is 0.390 e. The van der Waals surface area contributed by atoms with Crippen LogP contribution in [0.1, 0.15) is 61.8 Å². The Kier molecular flexibility index (Phi) is 9.49. The predicted molar refractivity (Wildman–Crippen MR) is 159 cm³/mol. The molecule has 2 aliphatic heterocycles. The summed E-state index contributed by atoms with van der Waals surface area (Å²) in [4.78, 5) is 15.4. The van der Waals surface area contributed by atoms with E-state index in [9.17, 15) is 18.3 Å². The zero-order chi connectivity index (χ0) is 28.9. The molecule has 3 aliphatic rings. The van der Waals surface area contributed by atoms with Crippen molar-refractivity contribution in [1.29, 1.82) is 0 Å². The number of fused-ring (bicyclic) bond motifs is 1. The molecule has 1 amide bonds. The van der Waals surface area contributed by atoms with Gasteiger partial charge in [-0.3, -0.25) is 4.79 Å². The Bertz CT molecular complexity index is 1320. The maximum absolute atomic E-state index is 13.6. The van der Waals surface area contributed by atoms with Crippen molar-refractivity contribution in [2.45, 2.75) is 79.7 Å². The molecule has 222 valence electrons. The summed E-state index contributed by atoms with van der Waals surface area (Å²) in [5.74, 6) is -0.247. The lowest BCUT2D eigenvalue weighted by atomic mass is 9.77. The van der Waals surface area contributed by atoms with Crippen LogP contribution in [0, 0.1) is 0 Å². The molecule has 1 saturated heterocycles. The Balaban J connectivity index is 1.30. The van der Waals surface area contributed by atoms with E-state index in [4.69, 9.17) is 4.74 Å². The van der Waals surface area contributed by atoms with E-state index < -0.39 is 26.7 Å². The molecule has 3 atom stereocenters. The topological polar surface area (TPSA) is 108 Å². The molecule has 1 aliphatic carbocycles. The molecule has 2 aromatic rings. The standard InChI is InChI=1S/C32H43N3O5S/c1-2-24-10-12-30-26(21-24)28(22-32(14-6-15-32)41(30,38)39)33-23-29(36)27(11-9-25-7-4-3-5-8-25)34-31(37)13-16-35-17-19-40-20-18-35/h3-5,7-8,10,12-13,16,21,27-29,33,36H,2,6,9,11,14-15,17-20,22-23H2,1H3,(H,34,37)/b16-13+/t27-,28+,29+/m0/s1. The molecular weight excluding hydrogens is 538 g/mol. The number of rotatable bonds is 11. The van der Waals surface area contributed by atoms with E-state index >= 15 is 0 Å². The third-order valence-corrected chi connectivity index (χ3v) is 11.7. The fraction of sp³-hybridized carbons (Fsp3) is 0.531. The molecule has 0 bridgehead atoms. The lowest BCUT2D eigenvalue weighted by Gasteiger charge is -2.47. The van der Waals surface area contributed by atoms with Crippen molar-refractivity contribution in [3.63, 3.8) is 0 Å². The number of sulfone groups is 1. The Morgan fingerprint density at radius 3 is 2.59 bits per heavy atom. The molecule has 1 spiro atoms. The number of carbonyl (C=O) groups is 1. The second-order valence-corrected chi connectivity index (χ2v) is 13.9. The highest BCUT2D eigenvalue weighted by atomic mass is 32.2. The van der Waals surface area contributed by atoms with Gasteiger partial charge >= 0.3 is 0 Å². The minimum Gasteiger partial charge on any atom is -0.390 e. The van der Waals surface area contributed by atoms with Crippen LogP contribution in [-0.2, 0) is 32.2 Å². The molecule has 0 aromatic heterocycles. The van der Waals surface area contributed by atoms with Crippen molar-refractivity contribution < 1.29 is 23.1 Å². The van der Waals surface area contributed by atoms with Gasteiger partial charge in [0, 0.05) is 38.0 Å². The van der Waals surface area contributed by atoms with Crippen LogP contribution in [0.5, 0.6) is 0 Å². The van der Waals surface area contributed by atoms with Crippen LogP contribution in [0.3, 0.4) is 0 Å². The molecule has 9 heteroatoms. The fourth-order valence-electron chi connectivity index (χ4n) is 6.25. The highest BCUT2D eigenvalue weighted by molar-refractivity contribution is 7.93. The van der Waals surface area contributed by atoms with Crippen LogP contribution >= 0.6 is 0 Å². The second kappa shape index (κ2) is 13.1. The minimum atomic E-state index is -3.41. The summed E-state index contributed by atoms with van der Waals surface area (Å²) in [5.41, 5.74) is 3.03. The van der Waals surface area contributed by atoms with Gasteiger partial charge in [0.25, 0.3) is 0 Å². The van der Waals surface area contributed by atoms with Crippen LogP contribution in [0.25, 0.3) is 0 Å². The van der Waals surface area contributed by atoms with E-state index in [0.717, 1.165) is 42.6 Å². The van der Waals surface area contributed by atoms with Crippen LogP contribution in [0.15, 0.2) is 65.7 Å². The van der Waals surface area contributed by atoms with Gasteiger partial charge in [0.15, 0.2) is 9.84 Å². The number of morpholine rings is 1. The van der Waals surface area contributed by atoms with Gasteiger partial charge in [0.05, 0.1) is 35.0 Å². The number of aryl methyl sites for hydroxylation is 2. The van der Waals surface area contributed by atoms with Gasteiger partial charge in [-0.15, -0.1) is 0 Å². The number of nitrogens with zero attached hydrogens (tertiary/aromatic N) is 1. The number of benzene rings is 2. The number of carbonyl (C=O) groups excluding carboxylic acids is 1. The molecule has 3 N–H and O–H groups in total. The zero-order valence-corrected chi connectivity index (χ0v) is 24.7. The number of amides is 1. The molecule has 1 saturated carbocycles. The quantitative estimate of drug-likeness (QED) is 0.350. The highest BCUT2D eigenvalue weighted by Crippen LogP contribution is 2.53. The molecule has 2 aromatic carbocycles. The van der Waals surface area contributed by atoms with E-state index in [1.165, 1.54) is 6.08 Å². The average molecular weight is 582 g/mol. The summed E-state index contributed by atoms with van der Waals surface area (Å²) >= 11 is 0. The van der Waals surface area contributed by atoms with Crippen LogP contribution in [0.2, 0.25) is 0 Å². The maximum Gasteiger partial charge on any atom is 0.245 e. The fourth-order valence-corrected chi connectivity index (χ4v) is 8.69. The summed E-state index contributed by atoms with van der Waals surface area (Å²) in [6.07, 6.45) is 7.34. The minimum absolute atomic E-state index is 0.179. The Labute approximate surface area is 244 Å². The maximum atomic E-state index is 13.6. The summed E-state index contributed by atoms with van der Waals surface area (Å²) in [7, 11) is -3.41. The molecule has 41 heavy (non-hydrogen) atoms. The SMILES string of the molecule is CCc1ccc2c(c1)[C@H](NC[C@@H](O)[C@H](CCc1ccccc1)NC(=O)/C=C/N1CCOCC1)CC1(CCC1)S2(=O)=O. The molecule has 0 unspecified atom stereocenters. The van der Waals surface area contributed by atoms with Crippen molar-refractivity contribution in [3.8, 4) is 0 Å². The first kappa shape index (κ1) is 29.8. The van der Waals surface area contributed by atoms with Crippen molar-refractivity contribution in [2.75, 3.05) is 32.8 Å². The van der Waals surface area contributed by atoms with Crippen molar-refractivity contribution >= 4 is 15.7 Å². The number of hydrogen-bond acceptors (Lipinski definition) is 7. The first-order valence-electron chi connectivity index (χ1n) is 14.9. The first-order valence-corrected chi connectivity index (χ1v) is 16.4. The summed E-state index contributed by atoms with van der Waals surface area (Å²) in [5, 5.41) is 17.9. The van der Waals surface area contributed by atoms with Gasteiger partial charge in [-0.25, -0.2) is 8.42 Å². The number of aliphatic hydroxyl groups excluding tert-OH is 1. The molecule has 2 heterocycles.